The summed E-state index contributed by atoms with van der Waals surface area (Å²) in [5.41, 5.74) is 2.51. The van der Waals surface area contributed by atoms with Crippen molar-refractivity contribution in [2.45, 2.75) is 43.2 Å². The molecule has 0 radical (unpaired) electrons. The number of urea groups is 2. The molecule has 2 saturated heterocycles. The number of halogens is 1. The van der Waals surface area contributed by atoms with Gasteiger partial charge in [0.25, 0.3) is 5.91 Å². The molecule has 1 aromatic carbocycles. The number of piperazine rings is 1. The Morgan fingerprint density at radius 1 is 1.09 bits per heavy atom. The Morgan fingerprint density at radius 3 is 2.64 bits per heavy atom. The van der Waals surface area contributed by atoms with Gasteiger partial charge in [-0.15, -0.1) is 0 Å². The van der Waals surface area contributed by atoms with E-state index >= 15 is 0 Å². The predicted octanol–water partition coefficient (Wildman–Crippen LogP) is 3.65. The van der Waals surface area contributed by atoms with Gasteiger partial charge < -0.3 is 15.1 Å². The molecule has 1 aromatic heterocycles. The van der Waals surface area contributed by atoms with Crippen LogP contribution in [0.5, 0.6) is 0 Å². The van der Waals surface area contributed by atoms with Crippen molar-refractivity contribution in [2.24, 2.45) is 0 Å². The standard InChI is InChI=1S/C24H24ClN5O3/c25-17-8-9-26-20(15-6-7-15)21(17)27-23(32)28-10-11-29-19(13-28)22(31)30(24(29)33)18-12-16(18)14-4-2-1-3-5-14/h1-5,8-9,15-16,18-19H,6-7,10-13H2,(H,27,32)/t16-,18+,19+/m1/s1. The van der Waals surface area contributed by atoms with Crippen LogP contribution in [0, 0.1) is 0 Å². The van der Waals surface area contributed by atoms with E-state index in [0.717, 1.165) is 30.5 Å². The van der Waals surface area contributed by atoms with Crippen LogP contribution in [0.1, 0.15) is 42.4 Å². The summed E-state index contributed by atoms with van der Waals surface area (Å²) in [4.78, 5) is 48.3. The van der Waals surface area contributed by atoms with Crippen LogP contribution in [-0.2, 0) is 4.79 Å². The minimum Gasteiger partial charge on any atom is -0.320 e. The molecule has 6 rings (SSSR count). The first kappa shape index (κ1) is 20.5. The van der Waals surface area contributed by atoms with Crippen LogP contribution in [0.2, 0.25) is 5.02 Å². The summed E-state index contributed by atoms with van der Waals surface area (Å²) < 4.78 is 0. The lowest BCUT2D eigenvalue weighted by Crippen LogP contribution is -2.55. The van der Waals surface area contributed by atoms with Gasteiger partial charge in [-0.05, 0) is 30.9 Å². The van der Waals surface area contributed by atoms with Gasteiger partial charge in [0.15, 0.2) is 0 Å². The average Bonchev–Trinajstić information content (AvgIpc) is 3.75. The van der Waals surface area contributed by atoms with Crippen molar-refractivity contribution >= 4 is 35.3 Å². The molecular weight excluding hydrogens is 442 g/mol. The van der Waals surface area contributed by atoms with E-state index in [2.05, 4.69) is 10.3 Å². The van der Waals surface area contributed by atoms with Crippen LogP contribution in [0.4, 0.5) is 15.3 Å². The van der Waals surface area contributed by atoms with Gasteiger partial charge in [0.05, 0.1) is 22.9 Å². The van der Waals surface area contributed by atoms with Gasteiger partial charge in [-0.25, -0.2) is 9.59 Å². The number of nitrogens with one attached hydrogen (secondary N) is 1. The number of imide groups is 1. The van der Waals surface area contributed by atoms with Crippen molar-refractivity contribution < 1.29 is 14.4 Å². The van der Waals surface area contributed by atoms with Crippen LogP contribution in [0.25, 0.3) is 0 Å². The number of fused-ring (bicyclic) bond motifs is 1. The lowest BCUT2D eigenvalue weighted by atomic mass is 10.1. The Morgan fingerprint density at radius 2 is 1.88 bits per heavy atom. The first-order valence-corrected chi connectivity index (χ1v) is 11.8. The van der Waals surface area contributed by atoms with Crippen LogP contribution < -0.4 is 5.32 Å². The molecule has 0 unspecified atom stereocenters. The Labute approximate surface area is 196 Å². The van der Waals surface area contributed by atoms with E-state index in [-0.39, 0.29) is 36.5 Å². The van der Waals surface area contributed by atoms with Crippen LogP contribution in [0.15, 0.2) is 42.6 Å². The van der Waals surface area contributed by atoms with Gasteiger partial charge in [-0.2, -0.15) is 0 Å². The number of benzene rings is 1. The molecule has 0 spiro atoms. The van der Waals surface area contributed by atoms with Crippen molar-refractivity contribution in [3.05, 3.63) is 58.9 Å². The quantitative estimate of drug-likeness (QED) is 0.698. The van der Waals surface area contributed by atoms with E-state index < -0.39 is 6.04 Å². The van der Waals surface area contributed by atoms with Crippen LogP contribution in [-0.4, -0.2) is 69.4 Å². The number of nitrogens with zero attached hydrogens (tertiary/aromatic N) is 4. The molecule has 3 heterocycles. The molecule has 9 heteroatoms. The number of carbonyl (C=O) groups is 3. The molecule has 170 valence electrons. The summed E-state index contributed by atoms with van der Waals surface area (Å²) >= 11 is 6.35. The average molecular weight is 466 g/mol. The monoisotopic (exact) mass is 465 g/mol. The Bertz CT molecular complexity index is 1140. The highest BCUT2D eigenvalue weighted by Crippen LogP contribution is 2.47. The zero-order chi connectivity index (χ0) is 22.7. The normalized spacial score (nSPS) is 26.5. The number of amides is 5. The van der Waals surface area contributed by atoms with Crippen molar-refractivity contribution in [3.63, 3.8) is 0 Å². The molecule has 1 N–H and O–H groups in total. The van der Waals surface area contributed by atoms with E-state index in [9.17, 15) is 14.4 Å². The number of hydrogen-bond acceptors (Lipinski definition) is 4. The maximum Gasteiger partial charge on any atom is 0.327 e. The molecule has 2 saturated carbocycles. The maximum atomic E-state index is 13.2. The number of anilines is 1. The minimum absolute atomic E-state index is 0.101. The fourth-order valence-corrected chi connectivity index (χ4v) is 5.26. The third-order valence-electron chi connectivity index (χ3n) is 7.08. The van der Waals surface area contributed by atoms with E-state index in [0.29, 0.717) is 29.7 Å². The number of hydrogen-bond donors (Lipinski definition) is 1. The first-order valence-electron chi connectivity index (χ1n) is 11.4. The van der Waals surface area contributed by atoms with Crippen molar-refractivity contribution in [3.8, 4) is 0 Å². The molecule has 4 fully saturated rings. The molecule has 2 aliphatic carbocycles. The summed E-state index contributed by atoms with van der Waals surface area (Å²) in [6, 6.07) is 10.3. The molecule has 0 bridgehead atoms. The van der Waals surface area contributed by atoms with Gasteiger partial charge in [-0.3, -0.25) is 14.7 Å². The largest absolute Gasteiger partial charge is 0.327 e. The predicted molar refractivity (Wildman–Crippen MR) is 122 cm³/mol. The Balaban J connectivity index is 1.15. The fourth-order valence-electron chi connectivity index (χ4n) is 5.06. The summed E-state index contributed by atoms with van der Waals surface area (Å²) in [7, 11) is 0. The van der Waals surface area contributed by atoms with Crippen molar-refractivity contribution in [1.29, 1.82) is 0 Å². The van der Waals surface area contributed by atoms with E-state index in [1.165, 1.54) is 4.90 Å². The zero-order valence-electron chi connectivity index (χ0n) is 18.0. The summed E-state index contributed by atoms with van der Waals surface area (Å²) in [6.07, 6.45) is 4.52. The van der Waals surface area contributed by atoms with Gasteiger partial charge >= 0.3 is 12.1 Å². The van der Waals surface area contributed by atoms with Gasteiger partial charge in [0.1, 0.15) is 6.04 Å². The highest BCUT2D eigenvalue weighted by atomic mass is 35.5. The molecule has 8 nitrogen and oxygen atoms in total. The zero-order valence-corrected chi connectivity index (χ0v) is 18.7. The number of rotatable bonds is 4. The highest BCUT2D eigenvalue weighted by molar-refractivity contribution is 6.33. The van der Waals surface area contributed by atoms with Gasteiger partial charge in [-0.1, -0.05) is 41.9 Å². The summed E-state index contributed by atoms with van der Waals surface area (Å²) in [6.45, 7) is 0.864. The summed E-state index contributed by atoms with van der Waals surface area (Å²) in [5.74, 6) is 0.307. The highest BCUT2D eigenvalue weighted by Gasteiger charge is 2.56. The van der Waals surface area contributed by atoms with Gasteiger partial charge in [0.2, 0.25) is 0 Å². The lowest BCUT2D eigenvalue weighted by molar-refractivity contribution is -0.129. The molecular formula is C24H24ClN5O3. The fraction of sp³-hybridized carbons (Fsp3) is 0.417. The first-order chi connectivity index (χ1) is 16.0. The Hall–Kier alpha value is -3.13. The molecule has 33 heavy (non-hydrogen) atoms. The second-order valence-electron chi connectivity index (χ2n) is 9.22. The van der Waals surface area contributed by atoms with Crippen molar-refractivity contribution in [2.75, 3.05) is 25.0 Å². The number of pyridine rings is 1. The second-order valence-corrected chi connectivity index (χ2v) is 9.63. The molecule has 4 aliphatic rings. The minimum atomic E-state index is -0.638. The second kappa shape index (κ2) is 7.73. The van der Waals surface area contributed by atoms with E-state index in [4.69, 9.17) is 11.6 Å². The smallest absolute Gasteiger partial charge is 0.320 e. The summed E-state index contributed by atoms with van der Waals surface area (Å²) in [5, 5.41) is 3.37. The van der Waals surface area contributed by atoms with Crippen molar-refractivity contribution in [1.82, 2.24) is 19.7 Å². The SMILES string of the molecule is O=C(Nc1c(Cl)ccnc1C1CC1)N1CCN2C(=O)N([C@H]3C[C@@H]3c3ccccc3)C(=O)[C@@H]2C1. The third kappa shape index (κ3) is 3.53. The lowest BCUT2D eigenvalue weighted by Gasteiger charge is -2.35. The maximum absolute atomic E-state index is 13.2. The van der Waals surface area contributed by atoms with Crippen LogP contribution >= 0.6 is 11.6 Å². The molecule has 5 amide bonds. The molecule has 2 aliphatic heterocycles. The number of carbonyl (C=O) groups excluding carboxylic acids is 3. The molecule has 3 atom stereocenters. The number of aromatic nitrogens is 1. The topological polar surface area (TPSA) is 85.8 Å². The third-order valence-corrected chi connectivity index (χ3v) is 7.40. The van der Waals surface area contributed by atoms with E-state index in [1.807, 2.05) is 30.3 Å². The molecule has 2 aromatic rings. The van der Waals surface area contributed by atoms with E-state index in [1.54, 1.807) is 22.1 Å². The van der Waals surface area contributed by atoms with Gasteiger partial charge in [0, 0.05) is 37.2 Å². The van der Waals surface area contributed by atoms with Crippen LogP contribution in [0.3, 0.4) is 0 Å². The Kier molecular flexibility index (Phi) is 4.79.